The molecule has 2 nitrogen and oxygen atoms in total. The molecule has 0 amide bonds. The van der Waals surface area contributed by atoms with Crippen molar-refractivity contribution in [3.63, 3.8) is 0 Å². The van der Waals surface area contributed by atoms with Gasteiger partial charge < -0.3 is 4.98 Å². The molecule has 0 saturated carbocycles. The smallest absolute Gasteiger partial charge is 0.112 e. The molecule has 104 valence electrons. The molecule has 0 aliphatic rings. The highest BCUT2D eigenvalue weighted by Gasteiger charge is 2.31. The van der Waals surface area contributed by atoms with E-state index in [9.17, 15) is 0 Å². The van der Waals surface area contributed by atoms with Crippen LogP contribution < -0.4 is 0 Å². The second-order valence-corrected chi connectivity index (χ2v) is 7.02. The summed E-state index contributed by atoms with van der Waals surface area (Å²) in [7, 11) is 0. The van der Waals surface area contributed by atoms with Gasteiger partial charge in [-0.1, -0.05) is 55.4 Å². The Labute approximate surface area is 113 Å². The van der Waals surface area contributed by atoms with Crippen molar-refractivity contribution in [2.75, 3.05) is 0 Å². The summed E-state index contributed by atoms with van der Waals surface area (Å²) >= 11 is 0. The lowest BCUT2D eigenvalue weighted by Crippen LogP contribution is -2.22. The number of imidazole rings is 1. The summed E-state index contributed by atoms with van der Waals surface area (Å²) in [6, 6.07) is 0. The van der Waals surface area contributed by atoms with E-state index >= 15 is 0 Å². The van der Waals surface area contributed by atoms with Gasteiger partial charge >= 0.3 is 0 Å². The Bertz CT molecular complexity index is 390. The fourth-order valence-corrected chi connectivity index (χ4v) is 2.25. The lowest BCUT2D eigenvalue weighted by molar-refractivity contribution is 0.412. The second kappa shape index (κ2) is 5.07. The third-order valence-corrected chi connectivity index (χ3v) is 4.15. The van der Waals surface area contributed by atoms with Crippen LogP contribution >= 0.6 is 0 Å². The molecular weight excluding hydrogens is 220 g/mol. The molecule has 0 aromatic carbocycles. The van der Waals surface area contributed by atoms with Crippen LogP contribution in [0.2, 0.25) is 0 Å². The minimum absolute atomic E-state index is 0.108. The van der Waals surface area contributed by atoms with Crippen molar-refractivity contribution in [1.82, 2.24) is 9.97 Å². The van der Waals surface area contributed by atoms with Crippen molar-refractivity contribution in [1.29, 1.82) is 0 Å². The Kier molecular flexibility index (Phi) is 4.30. The highest BCUT2D eigenvalue weighted by Crippen LogP contribution is 2.34. The van der Waals surface area contributed by atoms with Crippen LogP contribution in [0.1, 0.15) is 91.4 Å². The van der Waals surface area contributed by atoms with Crippen molar-refractivity contribution in [3.8, 4) is 0 Å². The van der Waals surface area contributed by atoms with Gasteiger partial charge in [0.15, 0.2) is 0 Å². The predicted molar refractivity (Wildman–Crippen MR) is 79.3 cm³/mol. The fourth-order valence-electron chi connectivity index (χ4n) is 2.25. The third-order valence-electron chi connectivity index (χ3n) is 4.15. The zero-order chi connectivity index (χ0) is 14.1. The Hall–Kier alpha value is -0.790. The number of rotatable bonds is 4. The van der Waals surface area contributed by atoms with E-state index < -0.39 is 0 Å². The average Bonchev–Trinajstić information content (AvgIpc) is 2.73. The van der Waals surface area contributed by atoms with Gasteiger partial charge in [0.1, 0.15) is 5.82 Å². The van der Waals surface area contributed by atoms with Crippen LogP contribution in [0.3, 0.4) is 0 Å². The zero-order valence-corrected chi connectivity index (χ0v) is 13.4. The van der Waals surface area contributed by atoms with Crippen LogP contribution in [0.25, 0.3) is 0 Å². The number of nitrogens with zero attached hydrogens (tertiary/aromatic N) is 1. The van der Waals surface area contributed by atoms with Gasteiger partial charge in [-0.2, -0.15) is 0 Å². The number of hydrogen-bond donors (Lipinski definition) is 1. The number of aromatic nitrogens is 2. The van der Waals surface area contributed by atoms with Gasteiger partial charge in [0.05, 0.1) is 5.69 Å². The van der Waals surface area contributed by atoms with Crippen molar-refractivity contribution < 1.29 is 0 Å². The van der Waals surface area contributed by atoms with E-state index in [4.69, 9.17) is 4.98 Å². The van der Waals surface area contributed by atoms with E-state index in [0.29, 0.717) is 5.92 Å². The molecule has 0 fully saturated rings. The van der Waals surface area contributed by atoms with Crippen LogP contribution in [0.15, 0.2) is 0 Å². The maximum atomic E-state index is 4.96. The molecule has 0 aliphatic heterocycles. The lowest BCUT2D eigenvalue weighted by atomic mass is 9.84. The first-order chi connectivity index (χ1) is 8.15. The van der Waals surface area contributed by atoms with Gasteiger partial charge in [-0.25, -0.2) is 4.98 Å². The largest absolute Gasteiger partial charge is 0.345 e. The predicted octanol–water partition coefficient (Wildman–Crippen LogP) is 4.91. The molecule has 18 heavy (non-hydrogen) atoms. The molecule has 0 unspecified atom stereocenters. The van der Waals surface area contributed by atoms with E-state index in [-0.39, 0.29) is 10.8 Å². The highest BCUT2D eigenvalue weighted by molar-refractivity contribution is 5.27. The first-order valence-electron chi connectivity index (χ1n) is 7.26. The molecular formula is C16H30N2. The van der Waals surface area contributed by atoms with Gasteiger partial charge in [-0.05, 0) is 18.8 Å². The van der Waals surface area contributed by atoms with Crippen molar-refractivity contribution in [2.45, 2.75) is 85.0 Å². The zero-order valence-electron chi connectivity index (χ0n) is 13.4. The van der Waals surface area contributed by atoms with Gasteiger partial charge in [-0.3, -0.25) is 0 Å². The lowest BCUT2D eigenvalue weighted by Gasteiger charge is -2.24. The summed E-state index contributed by atoms with van der Waals surface area (Å²) in [5.41, 5.74) is 2.83. The molecule has 1 aromatic heterocycles. The van der Waals surface area contributed by atoms with E-state index in [2.05, 4.69) is 60.4 Å². The van der Waals surface area contributed by atoms with Gasteiger partial charge in [0.2, 0.25) is 0 Å². The molecule has 1 heterocycles. The first-order valence-corrected chi connectivity index (χ1v) is 7.26. The fraction of sp³-hybridized carbons (Fsp3) is 0.812. The van der Waals surface area contributed by atoms with Crippen LogP contribution in [-0.4, -0.2) is 9.97 Å². The SMILES string of the molecule is CCC(C)(CC)c1nc(C(C)(C)C)c(C(C)C)[nH]1. The molecule has 0 atom stereocenters. The van der Waals surface area contributed by atoms with E-state index in [1.54, 1.807) is 0 Å². The van der Waals surface area contributed by atoms with Crippen LogP contribution in [0.4, 0.5) is 0 Å². The normalized spacial score (nSPS) is 13.4. The molecule has 0 bridgehead atoms. The van der Waals surface area contributed by atoms with E-state index in [1.165, 1.54) is 17.2 Å². The van der Waals surface area contributed by atoms with E-state index in [1.807, 2.05) is 0 Å². The molecule has 0 radical (unpaired) electrons. The Balaban J connectivity index is 3.35. The Morgan fingerprint density at radius 3 is 1.83 bits per heavy atom. The summed E-state index contributed by atoms with van der Waals surface area (Å²) in [5.74, 6) is 1.67. The number of aromatic amines is 1. The van der Waals surface area contributed by atoms with Gasteiger partial charge in [0, 0.05) is 16.5 Å². The summed E-state index contributed by atoms with van der Waals surface area (Å²) in [4.78, 5) is 8.58. The van der Waals surface area contributed by atoms with Crippen LogP contribution in [-0.2, 0) is 10.8 Å². The first kappa shape index (κ1) is 15.3. The van der Waals surface area contributed by atoms with Crippen molar-refractivity contribution >= 4 is 0 Å². The maximum absolute atomic E-state index is 4.96. The standard InChI is InChI=1S/C16H30N2/c1-9-16(8,10-2)14-17-12(11(3)4)13(18-14)15(5,6)7/h11H,9-10H2,1-8H3,(H,17,18). The van der Waals surface area contributed by atoms with E-state index in [0.717, 1.165) is 12.8 Å². The molecule has 0 spiro atoms. The summed E-state index contributed by atoms with van der Waals surface area (Å²) in [6.07, 6.45) is 2.25. The summed E-state index contributed by atoms with van der Waals surface area (Å²) < 4.78 is 0. The Morgan fingerprint density at radius 2 is 1.56 bits per heavy atom. The summed E-state index contributed by atoms with van der Waals surface area (Å²) in [5, 5.41) is 0. The number of H-pyrrole nitrogens is 1. The molecule has 0 saturated heterocycles. The van der Waals surface area contributed by atoms with Crippen LogP contribution in [0, 0.1) is 0 Å². The third kappa shape index (κ3) is 2.78. The van der Waals surface area contributed by atoms with Gasteiger partial charge in [0.25, 0.3) is 0 Å². The Morgan fingerprint density at radius 1 is 1.06 bits per heavy atom. The number of nitrogens with one attached hydrogen (secondary N) is 1. The number of hydrogen-bond acceptors (Lipinski definition) is 1. The van der Waals surface area contributed by atoms with Crippen molar-refractivity contribution in [2.24, 2.45) is 0 Å². The minimum Gasteiger partial charge on any atom is -0.345 e. The molecule has 0 aliphatic carbocycles. The minimum atomic E-state index is 0.108. The molecule has 1 N–H and O–H groups in total. The quantitative estimate of drug-likeness (QED) is 0.808. The average molecular weight is 250 g/mol. The maximum Gasteiger partial charge on any atom is 0.112 e. The summed E-state index contributed by atoms with van der Waals surface area (Å²) in [6.45, 7) is 18.0. The van der Waals surface area contributed by atoms with Crippen LogP contribution in [0.5, 0.6) is 0 Å². The second-order valence-electron chi connectivity index (χ2n) is 7.02. The molecule has 1 rings (SSSR count). The topological polar surface area (TPSA) is 28.7 Å². The monoisotopic (exact) mass is 250 g/mol. The van der Waals surface area contributed by atoms with Gasteiger partial charge in [-0.15, -0.1) is 0 Å². The molecule has 1 aromatic rings. The molecule has 2 heteroatoms. The van der Waals surface area contributed by atoms with Crippen molar-refractivity contribution in [3.05, 3.63) is 17.2 Å². The highest BCUT2D eigenvalue weighted by atomic mass is 15.0.